The number of benzene rings is 1. The van der Waals surface area contributed by atoms with Crippen LogP contribution in [0, 0.1) is 5.92 Å². The summed E-state index contributed by atoms with van der Waals surface area (Å²) in [6.45, 7) is 4.51. The van der Waals surface area contributed by atoms with Crippen molar-refractivity contribution in [2.45, 2.75) is 31.1 Å². The van der Waals surface area contributed by atoms with Gasteiger partial charge in [0, 0.05) is 25.6 Å². The minimum atomic E-state index is -3.43. The highest BCUT2D eigenvalue weighted by Crippen LogP contribution is 2.33. The normalized spacial score (nSPS) is 21.0. The Balaban J connectivity index is 1.87. The van der Waals surface area contributed by atoms with Crippen LogP contribution in [0.2, 0.25) is 0 Å². The molecule has 0 bridgehead atoms. The molecule has 0 saturated carbocycles. The molecule has 1 aromatic carbocycles. The average molecular weight is 311 g/mol. The van der Waals surface area contributed by atoms with E-state index in [-0.39, 0.29) is 0 Å². The molecule has 1 fully saturated rings. The molecular weight excluding hydrogens is 290 g/mol. The molecule has 1 aromatic rings. The molecule has 0 radical (unpaired) electrons. The van der Waals surface area contributed by atoms with Gasteiger partial charge in [-0.25, -0.2) is 8.42 Å². The van der Waals surface area contributed by atoms with Crippen LogP contribution in [0.4, 0.5) is 0 Å². The third-order valence-corrected chi connectivity index (χ3v) is 5.99. The molecule has 0 amide bonds. The molecule has 0 atom stereocenters. The van der Waals surface area contributed by atoms with E-state index in [0.717, 1.165) is 19.3 Å². The van der Waals surface area contributed by atoms with E-state index in [9.17, 15) is 8.42 Å². The van der Waals surface area contributed by atoms with Gasteiger partial charge < -0.3 is 9.47 Å². The molecule has 3 rings (SSSR count). The first kappa shape index (κ1) is 14.7. The zero-order valence-corrected chi connectivity index (χ0v) is 13.1. The number of ether oxygens (including phenoxy) is 2. The van der Waals surface area contributed by atoms with Gasteiger partial charge in [0.15, 0.2) is 11.5 Å². The van der Waals surface area contributed by atoms with Crippen molar-refractivity contribution in [2.75, 3.05) is 26.3 Å². The van der Waals surface area contributed by atoms with Crippen LogP contribution in [0.5, 0.6) is 11.5 Å². The highest BCUT2D eigenvalue weighted by atomic mass is 32.2. The van der Waals surface area contributed by atoms with Crippen molar-refractivity contribution in [2.24, 2.45) is 5.92 Å². The smallest absolute Gasteiger partial charge is 0.243 e. The van der Waals surface area contributed by atoms with Crippen LogP contribution in [0.15, 0.2) is 23.1 Å². The van der Waals surface area contributed by atoms with Gasteiger partial charge in [0.2, 0.25) is 10.0 Å². The number of rotatable bonds is 2. The number of hydrogen-bond donors (Lipinski definition) is 0. The van der Waals surface area contributed by atoms with Crippen molar-refractivity contribution < 1.29 is 17.9 Å². The number of nitrogens with zero attached hydrogens (tertiary/aromatic N) is 1. The Labute approximate surface area is 125 Å². The van der Waals surface area contributed by atoms with E-state index in [0.29, 0.717) is 48.6 Å². The van der Waals surface area contributed by atoms with Gasteiger partial charge in [0.1, 0.15) is 0 Å². The number of fused-ring (bicyclic) bond motifs is 1. The standard InChI is InChI=1S/C15H21NO4S/c1-12-5-7-16(8-6-12)21(17,18)13-3-4-14-15(11-13)20-10-2-9-19-14/h3-4,11-12H,2,5-10H2,1H3. The van der Waals surface area contributed by atoms with Crippen molar-refractivity contribution in [1.82, 2.24) is 4.31 Å². The highest BCUT2D eigenvalue weighted by Gasteiger charge is 2.29. The van der Waals surface area contributed by atoms with E-state index >= 15 is 0 Å². The van der Waals surface area contributed by atoms with Crippen LogP contribution in [0.1, 0.15) is 26.2 Å². The SMILES string of the molecule is CC1CCN(S(=O)(=O)c2ccc3c(c2)OCCCO3)CC1. The fourth-order valence-corrected chi connectivity index (χ4v) is 4.16. The van der Waals surface area contributed by atoms with Gasteiger partial charge in [0.05, 0.1) is 18.1 Å². The van der Waals surface area contributed by atoms with Gasteiger partial charge in [-0.15, -0.1) is 0 Å². The first-order chi connectivity index (χ1) is 10.1. The molecule has 0 aromatic heterocycles. The summed E-state index contributed by atoms with van der Waals surface area (Å²) in [6, 6.07) is 4.90. The second kappa shape index (κ2) is 5.85. The lowest BCUT2D eigenvalue weighted by Gasteiger charge is -2.29. The molecule has 2 heterocycles. The molecule has 5 nitrogen and oxygen atoms in total. The molecule has 6 heteroatoms. The molecule has 0 spiro atoms. The molecule has 1 saturated heterocycles. The Morgan fingerprint density at radius 3 is 2.48 bits per heavy atom. The van der Waals surface area contributed by atoms with E-state index < -0.39 is 10.0 Å². The summed E-state index contributed by atoms with van der Waals surface area (Å²) in [5, 5.41) is 0. The van der Waals surface area contributed by atoms with E-state index in [4.69, 9.17) is 9.47 Å². The van der Waals surface area contributed by atoms with E-state index in [1.807, 2.05) is 0 Å². The fourth-order valence-electron chi connectivity index (χ4n) is 2.68. The van der Waals surface area contributed by atoms with Crippen LogP contribution in [-0.4, -0.2) is 39.0 Å². The van der Waals surface area contributed by atoms with Crippen LogP contribution in [-0.2, 0) is 10.0 Å². The molecule has 0 unspecified atom stereocenters. The first-order valence-corrected chi connectivity index (χ1v) is 8.91. The molecule has 2 aliphatic rings. The summed E-state index contributed by atoms with van der Waals surface area (Å²) in [6.07, 6.45) is 2.65. The Hall–Kier alpha value is -1.27. The van der Waals surface area contributed by atoms with Crippen LogP contribution in [0.25, 0.3) is 0 Å². The largest absolute Gasteiger partial charge is 0.490 e. The topological polar surface area (TPSA) is 55.8 Å². The minimum Gasteiger partial charge on any atom is -0.490 e. The van der Waals surface area contributed by atoms with Gasteiger partial charge in [-0.1, -0.05) is 6.92 Å². The van der Waals surface area contributed by atoms with Crippen molar-refractivity contribution in [3.05, 3.63) is 18.2 Å². The molecule has 0 aliphatic carbocycles. The molecule has 21 heavy (non-hydrogen) atoms. The van der Waals surface area contributed by atoms with E-state index in [2.05, 4.69) is 6.92 Å². The highest BCUT2D eigenvalue weighted by molar-refractivity contribution is 7.89. The van der Waals surface area contributed by atoms with Crippen LogP contribution in [0.3, 0.4) is 0 Å². The third-order valence-electron chi connectivity index (χ3n) is 4.10. The predicted octanol–water partition coefficient (Wildman–Crippen LogP) is 2.27. The van der Waals surface area contributed by atoms with Crippen LogP contribution >= 0.6 is 0 Å². The number of piperidine rings is 1. The average Bonchev–Trinajstić information content (AvgIpc) is 2.72. The van der Waals surface area contributed by atoms with Crippen molar-refractivity contribution in [3.8, 4) is 11.5 Å². The minimum absolute atomic E-state index is 0.293. The second-order valence-electron chi connectivity index (χ2n) is 5.75. The Morgan fingerprint density at radius 1 is 1.10 bits per heavy atom. The monoisotopic (exact) mass is 311 g/mol. The van der Waals surface area contributed by atoms with Gasteiger partial charge in [0.25, 0.3) is 0 Å². The fraction of sp³-hybridized carbons (Fsp3) is 0.600. The van der Waals surface area contributed by atoms with Crippen LogP contribution < -0.4 is 9.47 Å². The second-order valence-corrected chi connectivity index (χ2v) is 7.68. The maximum Gasteiger partial charge on any atom is 0.243 e. The maximum absolute atomic E-state index is 12.7. The van der Waals surface area contributed by atoms with Gasteiger partial charge >= 0.3 is 0 Å². The maximum atomic E-state index is 12.7. The summed E-state index contributed by atoms with van der Waals surface area (Å²) in [4.78, 5) is 0.293. The quantitative estimate of drug-likeness (QED) is 0.841. The van der Waals surface area contributed by atoms with E-state index in [1.165, 1.54) is 0 Å². The molecule has 0 N–H and O–H groups in total. The lowest BCUT2D eigenvalue weighted by atomic mass is 10.0. The Kier molecular flexibility index (Phi) is 4.08. The van der Waals surface area contributed by atoms with Crippen molar-refractivity contribution in [1.29, 1.82) is 0 Å². The lowest BCUT2D eigenvalue weighted by molar-refractivity contribution is 0.287. The third kappa shape index (κ3) is 3.01. The van der Waals surface area contributed by atoms with Crippen molar-refractivity contribution >= 4 is 10.0 Å². The van der Waals surface area contributed by atoms with Gasteiger partial charge in [-0.2, -0.15) is 4.31 Å². The lowest BCUT2D eigenvalue weighted by Crippen LogP contribution is -2.37. The summed E-state index contributed by atoms with van der Waals surface area (Å²) in [5.74, 6) is 1.75. The summed E-state index contributed by atoms with van der Waals surface area (Å²) < 4.78 is 38.1. The summed E-state index contributed by atoms with van der Waals surface area (Å²) in [7, 11) is -3.43. The first-order valence-electron chi connectivity index (χ1n) is 7.47. The van der Waals surface area contributed by atoms with E-state index in [1.54, 1.807) is 22.5 Å². The molecule has 2 aliphatic heterocycles. The van der Waals surface area contributed by atoms with Gasteiger partial charge in [-0.05, 0) is 30.9 Å². The number of hydrogen-bond acceptors (Lipinski definition) is 4. The zero-order valence-electron chi connectivity index (χ0n) is 12.2. The van der Waals surface area contributed by atoms with Gasteiger partial charge in [-0.3, -0.25) is 0 Å². The molecule has 116 valence electrons. The zero-order chi connectivity index (χ0) is 14.9. The Bertz CT molecular complexity index is 606. The van der Waals surface area contributed by atoms with Crippen molar-refractivity contribution in [3.63, 3.8) is 0 Å². The Morgan fingerprint density at radius 2 is 1.76 bits per heavy atom. The summed E-state index contributed by atoms with van der Waals surface area (Å²) in [5.41, 5.74) is 0. The predicted molar refractivity (Wildman–Crippen MR) is 79.2 cm³/mol. The number of sulfonamides is 1. The molecular formula is C15H21NO4S. The summed E-state index contributed by atoms with van der Waals surface area (Å²) >= 11 is 0.